The van der Waals surface area contributed by atoms with Gasteiger partial charge in [-0.25, -0.2) is 0 Å². The molecule has 0 radical (unpaired) electrons. The van der Waals surface area contributed by atoms with Crippen molar-refractivity contribution in [2.45, 2.75) is 39.0 Å². The van der Waals surface area contributed by atoms with Gasteiger partial charge in [-0.3, -0.25) is 9.48 Å². The first kappa shape index (κ1) is 12.1. The van der Waals surface area contributed by atoms with Gasteiger partial charge in [-0.05, 0) is 31.6 Å². The lowest BCUT2D eigenvalue weighted by Crippen LogP contribution is -2.22. The SMILES string of the molecule is CCC1CCC(C(=O)c2cnn(C)c2N)CC1. The lowest BCUT2D eigenvalue weighted by atomic mass is 9.78. The molecule has 2 N–H and O–H groups in total. The molecule has 0 spiro atoms. The summed E-state index contributed by atoms with van der Waals surface area (Å²) < 4.78 is 1.56. The van der Waals surface area contributed by atoms with Crippen LogP contribution in [-0.2, 0) is 7.05 Å². The summed E-state index contributed by atoms with van der Waals surface area (Å²) in [5.41, 5.74) is 6.45. The molecule has 0 bridgehead atoms. The van der Waals surface area contributed by atoms with Crippen LogP contribution in [0.15, 0.2) is 6.20 Å². The highest BCUT2D eigenvalue weighted by Crippen LogP contribution is 2.33. The summed E-state index contributed by atoms with van der Waals surface area (Å²) in [6.07, 6.45) is 7.19. The summed E-state index contributed by atoms with van der Waals surface area (Å²) in [6.45, 7) is 2.23. The molecule has 1 aliphatic rings. The van der Waals surface area contributed by atoms with Crippen molar-refractivity contribution >= 4 is 11.6 Å². The first-order valence-electron chi connectivity index (χ1n) is 6.45. The molecule has 1 aliphatic carbocycles. The predicted molar refractivity (Wildman–Crippen MR) is 67.7 cm³/mol. The highest BCUT2D eigenvalue weighted by Gasteiger charge is 2.28. The van der Waals surface area contributed by atoms with Gasteiger partial charge in [0.15, 0.2) is 5.78 Å². The number of nitrogens with two attached hydrogens (primary N) is 1. The van der Waals surface area contributed by atoms with Gasteiger partial charge in [0, 0.05) is 13.0 Å². The molecule has 4 heteroatoms. The number of carbonyl (C=O) groups is 1. The summed E-state index contributed by atoms with van der Waals surface area (Å²) in [4.78, 5) is 12.3. The van der Waals surface area contributed by atoms with Crippen LogP contribution in [0.25, 0.3) is 0 Å². The number of Topliss-reactive ketones (excluding diaryl/α,β-unsaturated/α-hetero) is 1. The number of nitrogen functional groups attached to an aromatic ring is 1. The largest absolute Gasteiger partial charge is 0.383 e. The molecular formula is C13H21N3O. The molecular weight excluding hydrogens is 214 g/mol. The molecule has 17 heavy (non-hydrogen) atoms. The number of aromatic nitrogens is 2. The first-order chi connectivity index (χ1) is 8.13. The van der Waals surface area contributed by atoms with Crippen molar-refractivity contribution in [3.05, 3.63) is 11.8 Å². The molecule has 2 rings (SSSR count). The average molecular weight is 235 g/mol. The smallest absolute Gasteiger partial charge is 0.171 e. The molecule has 1 heterocycles. The van der Waals surface area contributed by atoms with E-state index in [1.54, 1.807) is 17.9 Å². The maximum absolute atomic E-state index is 12.3. The van der Waals surface area contributed by atoms with Crippen LogP contribution < -0.4 is 5.73 Å². The second-order valence-corrected chi connectivity index (χ2v) is 5.06. The maximum Gasteiger partial charge on any atom is 0.171 e. The van der Waals surface area contributed by atoms with Gasteiger partial charge in [0.05, 0.1) is 11.8 Å². The van der Waals surface area contributed by atoms with Gasteiger partial charge in [0.1, 0.15) is 5.82 Å². The predicted octanol–water partition coefficient (Wildman–Crippen LogP) is 2.40. The molecule has 1 aromatic rings. The Hall–Kier alpha value is -1.32. The fraction of sp³-hybridized carbons (Fsp3) is 0.692. The summed E-state index contributed by atoms with van der Waals surface area (Å²) in [5, 5.41) is 4.03. The lowest BCUT2D eigenvalue weighted by Gasteiger charge is -2.26. The van der Waals surface area contributed by atoms with Gasteiger partial charge in [-0.1, -0.05) is 13.3 Å². The number of rotatable bonds is 3. The van der Waals surface area contributed by atoms with Gasteiger partial charge < -0.3 is 5.73 Å². The first-order valence-corrected chi connectivity index (χ1v) is 6.45. The third-order valence-electron chi connectivity index (χ3n) is 4.04. The Morgan fingerprint density at radius 1 is 1.47 bits per heavy atom. The van der Waals surface area contributed by atoms with Crippen molar-refractivity contribution in [1.82, 2.24) is 9.78 Å². The Kier molecular flexibility index (Phi) is 3.50. The number of anilines is 1. The quantitative estimate of drug-likeness (QED) is 0.818. The number of ketones is 1. The fourth-order valence-corrected chi connectivity index (χ4v) is 2.69. The number of hydrogen-bond donors (Lipinski definition) is 1. The molecule has 0 atom stereocenters. The monoisotopic (exact) mass is 235 g/mol. The second-order valence-electron chi connectivity index (χ2n) is 5.06. The molecule has 4 nitrogen and oxygen atoms in total. The average Bonchev–Trinajstić information content (AvgIpc) is 2.69. The standard InChI is InChI=1S/C13H21N3O/c1-3-9-4-6-10(7-5-9)12(17)11-8-15-16(2)13(11)14/h8-10H,3-7,14H2,1-2H3. The van der Waals surface area contributed by atoms with E-state index >= 15 is 0 Å². The highest BCUT2D eigenvalue weighted by atomic mass is 16.1. The van der Waals surface area contributed by atoms with Crippen LogP contribution in [0.5, 0.6) is 0 Å². The molecule has 1 saturated carbocycles. The van der Waals surface area contributed by atoms with E-state index in [4.69, 9.17) is 5.73 Å². The van der Waals surface area contributed by atoms with Crippen LogP contribution in [0, 0.1) is 11.8 Å². The van der Waals surface area contributed by atoms with Crippen LogP contribution >= 0.6 is 0 Å². The molecule has 1 aromatic heterocycles. The topological polar surface area (TPSA) is 60.9 Å². The fourth-order valence-electron chi connectivity index (χ4n) is 2.69. The van der Waals surface area contributed by atoms with Gasteiger partial charge in [0.2, 0.25) is 0 Å². The van der Waals surface area contributed by atoms with E-state index in [0.717, 1.165) is 18.8 Å². The van der Waals surface area contributed by atoms with Crippen molar-refractivity contribution in [3.8, 4) is 0 Å². The minimum Gasteiger partial charge on any atom is -0.383 e. The van der Waals surface area contributed by atoms with Crippen molar-refractivity contribution in [3.63, 3.8) is 0 Å². The Morgan fingerprint density at radius 2 is 2.12 bits per heavy atom. The third kappa shape index (κ3) is 2.35. The van der Waals surface area contributed by atoms with Gasteiger partial charge in [-0.15, -0.1) is 0 Å². The van der Waals surface area contributed by atoms with E-state index in [1.807, 2.05) is 0 Å². The normalized spacial score (nSPS) is 24.8. The maximum atomic E-state index is 12.3. The Morgan fingerprint density at radius 3 is 2.59 bits per heavy atom. The van der Waals surface area contributed by atoms with Gasteiger partial charge in [-0.2, -0.15) is 5.10 Å². The summed E-state index contributed by atoms with van der Waals surface area (Å²) in [7, 11) is 1.76. The molecule has 0 unspecified atom stereocenters. The Labute approximate surface area is 102 Å². The van der Waals surface area contributed by atoms with Crippen molar-refractivity contribution in [2.24, 2.45) is 18.9 Å². The van der Waals surface area contributed by atoms with Crippen molar-refractivity contribution in [2.75, 3.05) is 5.73 Å². The number of carbonyl (C=O) groups excluding carboxylic acids is 1. The van der Waals surface area contributed by atoms with E-state index in [-0.39, 0.29) is 11.7 Å². The van der Waals surface area contributed by atoms with Crippen LogP contribution in [0.4, 0.5) is 5.82 Å². The van der Waals surface area contributed by atoms with Crippen LogP contribution in [0.2, 0.25) is 0 Å². The Bertz CT molecular complexity index is 403. The van der Waals surface area contributed by atoms with Crippen LogP contribution in [0.3, 0.4) is 0 Å². The molecule has 1 fully saturated rings. The number of nitrogens with zero attached hydrogens (tertiary/aromatic N) is 2. The molecule has 0 saturated heterocycles. The van der Waals surface area contributed by atoms with E-state index < -0.39 is 0 Å². The zero-order valence-corrected chi connectivity index (χ0v) is 10.6. The highest BCUT2D eigenvalue weighted by molar-refractivity contribution is 6.01. The summed E-state index contributed by atoms with van der Waals surface area (Å²) in [6, 6.07) is 0. The molecule has 94 valence electrons. The van der Waals surface area contributed by atoms with E-state index in [0.29, 0.717) is 11.4 Å². The third-order valence-corrected chi connectivity index (χ3v) is 4.04. The minimum absolute atomic E-state index is 0.157. The molecule has 0 amide bonds. The summed E-state index contributed by atoms with van der Waals surface area (Å²) >= 11 is 0. The van der Waals surface area contributed by atoms with Crippen molar-refractivity contribution < 1.29 is 4.79 Å². The van der Waals surface area contributed by atoms with E-state index in [9.17, 15) is 4.79 Å². The summed E-state index contributed by atoms with van der Waals surface area (Å²) in [5.74, 6) is 1.65. The molecule has 0 aromatic carbocycles. The number of hydrogen-bond acceptors (Lipinski definition) is 3. The van der Waals surface area contributed by atoms with Crippen LogP contribution in [0.1, 0.15) is 49.4 Å². The molecule has 0 aliphatic heterocycles. The second kappa shape index (κ2) is 4.90. The zero-order valence-electron chi connectivity index (χ0n) is 10.6. The van der Waals surface area contributed by atoms with E-state index in [1.165, 1.54) is 19.3 Å². The van der Waals surface area contributed by atoms with Gasteiger partial charge >= 0.3 is 0 Å². The lowest BCUT2D eigenvalue weighted by molar-refractivity contribution is 0.0872. The number of aryl methyl sites for hydroxylation is 1. The Balaban J connectivity index is 2.04. The zero-order chi connectivity index (χ0) is 12.4. The van der Waals surface area contributed by atoms with Crippen molar-refractivity contribution in [1.29, 1.82) is 0 Å². The van der Waals surface area contributed by atoms with Crippen LogP contribution in [-0.4, -0.2) is 15.6 Å². The van der Waals surface area contributed by atoms with E-state index in [2.05, 4.69) is 12.0 Å². The minimum atomic E-state index is 0.157. The van der Waals surface area contributed by atoms with Gasteiger partial charge in [0.25, 0.3) is 0 Å².